The van der Waals surface area contributed by atoms with Gasteiger partial charge in [-0.15, -0.1) is 0 Å². The molecule has 19 heavy (non-hydrogen) atoms. The van der Waals surface area contributed by atoms with E-state index >= 15 is 0 Å². The van der Waals surface area contributed by atoms with Crippen molar-refractivity contribution < 1.29 is 19.2 Å². The minimum absolute atomic E-state index is 0.144. The average Bonchev–Trinajstić information content (AvgIpc) is 2.25. The van der Waals surface area contributed by atoms with Crippen molar-refractivity contribution in [1.82, 2.24) is 0 Å². The Balaban J connectivity index is 3.05. The van der Waals surface area contributed by atoms with Crippen molar-refractivity contribution in [2.24, 2.45) is 0 Å². The number of hydrogen-bond donors (Lipinski definition) is 0. The molecule has 0 amide bonds. The van der Waals surface area contributed by atoms with E-state index < -0.39 is 16.7 Å². The predicted octanol–water partition coefficient (Wildman–Crippen LogP) is 3.25. The third kappa shape index (κ3) is 4.09. The Hall–Kier alpha value is -2.37. The van der Waals surface area contributed by atoms with E-state index in [1.807, 2.05) is 0 Å². The van der Waals surface area contributed by atoms with Gasteiger partial charge in [0.05, 0.1) is 10.5 Å². The Bertz CT molecular complexity index is 516. The smallest absolute Gasteiger partial charge is 0.428 e. The molecule has 1 aromatic rings. The molecule has 0 aromatic heterocycles. The van der Waals surface area contributed by atoms with E-state index in [4.69, 9.17) is 9.47 Å². The van der Waals surface area contributed by atoms with E-state index in [1.165, 1.54) is 18.2 Å². The normalized spacial score (nSPS) is 10.7. The largest absolute Gasteiger partial charge is 0.514 e. The molecule has 0 spiro atoms. The van der Waals surface area contributed by atoms with Crippen LogP contribution in [0.4, 0.5) is 10.5 Å². The van der Waals surface area contributed by atoms with Crippen molar-refractivity contribution in [1.29, 1.82) is 0 Å². The van der Waals surface area contributed by atoms with Gasteiger partial charge in [-0.1, -0.05) is 12.6 Å². The highest BCUT2D eigenvalue weighted by atomic mass is 16.7. The van der Waals surface area contributed by atoms with Crippen LogP contribution < -0.4 is 4.74 Å². The first-order chi connectivity index (χ1) is 8.74. The maximum atomic E-state index is 11.5. The first-order valence-corrected chi connectivity index (χ1v) is 5.46. The van der Waals surface area contributed by atoms with Crippen LogP contribution in [0, 0.1) is 16.2 Å². The molecule has 0 unspecified atom stereocenters. The van der Waals surface area contributed by atoms with E-state index in [2.05, 4.69) is 12.7 Å². The molecule has 0 atom stereocenters. The number of para-hydroxylation sites is 1. The van der Waals surface area contributed by atoms with Crippen LogP contribution in [-0.2, 0) is 4.74 Å². The third-order valence-corrected chi connectivity index (χ3v) is 1.95. The third-order valence-electron chi connectivity index (χ3n) is 1.95. The summed E-state index contributed by atoms with van der Waals surface area (Å²) in [6.45, 7) is 8.34. The summed E-state index contributed by atoms with van der Waals surface area (Å²) in [7, 11) is 0. The first-order valence-electron chi connectivity index (χ1n) is 5.46. The van der Waals surface area contributed by atoms with Gasteiger partial charge in [-0.25, -0.2) is 4.79 Å². The minimum atomic E-state index is -1.00. The summed E-state index contributed by atoms with van der Waals surface area (Å²) in [5.74, 6) is -0.201. The van der Waals surface area contributed by atoms with Crippen molar-refractivity contribution >= 4 is 11.8 Å². The monoisotopic (exact) mass is 264 g/mol. The zero-order valence-electron chi connectivity index (χ0n) is 10.9. The molecule has 0 aliphatic rings. The highest BCUT2D eigenvalue weighted by molar-refractivity contribution is 5.68. The molecule has 0 saturated carbocycles. The number of nitrogens with zero attached hydrogens (tertiary/aromatic N) is 1. The summed E-state index contributed by atoms with van der Waals surface area (Å²) in [6.07, 6.45) is 1.41. The van der Waals surface area contributed by atoms with Crippen LogP contribution in [0.3, 0.4) is 0 Å². The van der Waals surface area contributed by atoms with Gasteiger partial charge in [-0.2, -0.15) is 0 Å². The lowest BCUT2D eigenvalue weighted by molar-refractivity contribution is -0.386. The number of carbonyl (C=O) groups excluding carboxylic acids is 1. The quantitative estimate of drug-likeness (QED) is 0.362. The van der Waals surface area contributed by atoms with Gasteiger partial charge in [0.2, 0.25) is 5.75 Å². The predicted molar refractivity (Wildman–Crippen MR) is 67.9 cm³/mol. The van der Waals surface area contributed by atoms with Crippen molar-refractivity contribution in [3.05, 3.63) is 46.5 Å². The van der Waals surface area contributed by atoms with Crippen LogP contribution in [-0.4, -0.2) is 16.7 Å². The average molecular weight is 264 g/mol. The fourth-order valence-corrected chi connectivity index (χ4v) is 1.30. The lowest BCUT2D eigenvalue weighted by Crippen LogP contribution is -2.26. The Kier molecular flexibility index (Phi) is 4.26. The summed E-state index contributed by atoms with van der Waals surface area (Å²) >= 11 is 0. The highest BCUT2D eigenvalue weighted by Gasteiger charge is 2.24. The molecular formula is C13H14NO5. The lowest BCUT2D eigenvalue weighted by Gasteiger charge is -2.18. The zero-order valence-corrected chi connectivity index (χ0v) is 10.9. The van der Waals surface area contributed by atoms with Crippen LogP contribution in [0.5, 0.6) is 5.75 Å². The fourth-order valence-electron chi connectivity index (χ4n) is 1.30. The Morgan fingerprint density at radius 1 is 1.42 bits per heavy atom. The van der Waals surface area contributed by atoms with Crippen molar-refractivity contribution in [2.75, 3.05) is 0 Å². The van der Waals surface area contributed by atoms with E-state index in [-0.39, 0.29) is 17.0 Å². The second-order valence-corrected chi connectivity index (χ2v) is 4.65. The maximum absolute atomic E-state index is 11.5. The van der Waals surface area contributed by atoms with E-state index in [1.54, 1.807) is 20.8 Å². The number of ether oxygens (including phenoxy) is 2. The molecule has 6 nitrogen and oxygen atoms in total. The molecule has 0 heterocycles. The van der Waals surface area contributed by atoms with Crippen LogP contribution in [0.25, 0.3) is 0 Å². The second-order valence-electron chi connectivity index (χ2n) is 4.65. The Labute approximate surface area is 110 Å². The molecule has 0 saturated heterocycles. The number of rotatable bonds is 3. The molecule has 6 heteroatoms. The van der Waals surface area contributed by atoms with Gasteiger partial charge < -0.3 is 9.47 Å². The van der Waals surface area contributed by atoms with Crippen molar-refractivity contribution in [3.8, 4) is 5.75 Å². The van der Waals surface area contributed by atoms with Crippen LogP contribution in [0.15, 0.2) is 24.8 Å². The number of benzene rings is 1. The van der Waals surface area contributed by atoms with Gasteiger partial charge in [-0.3, -0.25) is 10.1 Å². The summed E-state index contributed by atoms with van der Waals surface area (Å²) in [4.78, 5) is 21.8. The SMILES string of the molecule is C=[C]c1cccc(OC(=O)OC(C)(C)C)c1[N+](=O)[O-]. The Morgan fingerprint density at radius 3 is 2.53 bits per heavy atom. The zero-order chi connectivity index (χ0) is 14.6. The molecule has 0 fully saturated rings. The molecule has 0 aliphatic carbocycles. The number of nitro groups is 1. The summed E-state index contributed by atoms with van der Waals surface area (Å²) in [6, 6.07) is 4.26. The van der Waals surface area contributed by atoms with Gasteiger partial charge in [0.25, 0.3) is 0 Å². The lowest BCUT2D eigenvalue weighted by atomic mass is 10.1. The molecule has 0 aliphatic heterocycles. The van der Waals surface area contributed by atoms with E-state index in [9.17, 15) is 14.9 Å². The van der Waals surface area contributed by atoms with Crippen LogP contribution >= 0.6 is 0 Å². The van der Waals surface area contributed by atoms with Crippen molar-refractivity contribution in [2.45, 2.75) is 26.4 Å². The fraction of sp³-hybridized carbons (Fsp3) is 0.308. The standard InChI is InChI=1S/C13H14NO5/c1-5-9-7-6-8-10(11(9)14(16)17)18-12(15)19-13(2,3)4/h6-8H,1H2,2-4H3. The Morgan fingerprint density at radius 2 is 2.05 bits per heavy atom. The topological polar surface area (TPSA) is 78.7 Å². The van der Waals surface area contributed by atoms with Gasteiger partial charge in [-0.05, 0) is 39.0 Å². The van der Waals surface area contributed by atoms with Gasteiger partial charge >= 0.3 is 11.8 Å². The van der Waals surface area contributed by atoms with Gasteiger partial charge in [0.1, 0.15) is 5.60 Å². The van der Waals surface area contributed by atoms with Crippen LogP contribution in [0.2, 0.25) is 0 Å². The highest BCUT2D eigenvalue weighted by Crippen LogP contribution is 2.31. The molecule has 1 aromatic carbocycles. The van der Waals surface area contributed by atoms with Gasteiger partial charge in [0.15, 0.2) is 0 Å². The number of nitro benzene ring substituents is 1. The first kappa shape index (κ1) is 14.7. The molecule has 1 radical (unpaired) electrons. The molecule has 0 bridgehead atoms. The summed E-state index contributed by atoms with van der Waals surface area (Å²) < 4.78 is 9.78. The molecule has 0 N–H and O–H groups in total. The number of hydrogen-bond acceptors (Lipinski definition) is 5. The van der Waals surface area contributed by atoms with E-state index in [0.717, 1.165) is 0 Å². The molecular weight excluding hydrogens is 250 g/mol. The minimum Gasteiger partial charge on any atom is -0.428 e. The maximum Gasteiger partial charge on any atom is 0.514 e. The van der Waals surface area contributed by atoms with Gasteiger partial charge in [0, 0.05) is 0 Å². The summed E-state index contributed by atoms with van der Waals surface area (Å²) in [5.41, 5.74) is -0.969. The van der Waals surface area contributed by atoms with E-state index in [0.29, 0.717) is 0 Å². The second kappa shape index (κ2) is 5.51. The summed E-state index contributed by atoms with van der Waals surface area (Å²) in [5, 5.41) is 11.0. The van der Waals surface area contributed by atoms with Crippen molar-refractivity contribution in [3.63, 3.8) is 0 Å². The molecule has 101 valence electrons. The molecule has 1 rings (SSSR count). The number of carbonyl (C=O) groups is 1. The van der Waals surface area contributed by atoms with Crippen LogP contribution in [0.1, 0.15) is 26.3 Å².